The van der Waals surface area contributed by atoms with Crippen LogP contribution in [-0.4, -0.2) is 14.2 Å². The molecule has 2 aromatic rings. The third-order valence-corrected chi connectivity index (χ3v) is 3.56. The van der Waals surface area contributed by atoms with E-state index in [0.29, 0.717) is 28.8 Å². The van der Waals surface area contributed by atoms with Gasteiger partial charge in [0, 0.05) is 12.1 Å². The van der Waals surface area contributed by atoms with Crippen LogP contribution in [0.15, 0.2) is 36.4 Å². The van der Waals surface area contributed by atoms with Gasteiger partial charge in [0.2, 0.25) is 0 Å². The minimum atomic E-state index is 0.587. The van der Waals surface area contributed by atoms with Crippen molar-refractivity contribution in [3.05, 3.63) is 52.5 Å². The molecule has 0 unspecified atom stereocenters. The van der Waals surface area contributed by atoms with Gasteiger partial charge in [0.1, 0.15) is 0 Å². The number of aryl methyl sites for hydroxylation is 1. The molecule has 0 bridgehead atoms. The first-order valence-electron chi connectivity index (χ1n) is 6.96. The third kappa shape index (κ3) is 3.69. The quantitative estimate of drug-likeness (QED) is 0.857. The molecule has 0 atom stereocenters. The maximum absolute atomic E-state index is 6.28. The van der Waals surface area contributed by atoms with Crippen LogP contribution in [-0.2, 0) is 13.0 Å². The number of hydrogen-bond acceptors (Lipinski definition) is 3. The number of methoxy groups -OCH3 is 1. The van der Waals surface area contributed by atoms with E-state index in [4.69, 9.17) is 21.1 Å². The molecular weight excluding hydrogens is 286 g/mol. The van der Waals surface area contributed by atoms with Gasteiger partial charge in [0.25, 0.3) is 0 Å². The van der Waals surface area contributed by atoms with Crippen molar-refractivity contribution in [3.8, 4) is 17.2 Å². The fourth-order valence-corrected chi connectivity index (χ4v) is 2.36. The highest BCUT2D eigenvalue weighted by Crippen LogP contribution is 2.37. The first-order valence-corrected chi connectivity index (χ1v) is 7.34. The van der Waals surface area contributed by atoms with Gasteiger partial charge in [0.05, 0.1) is 12.1 Å². The number of ether oxygens (including phenoxy) is 2. The summed E-state index contributed by atoms with van der Waals surface area (Å²) in [6.07, 6.45) is 0.952. The number of hydrogen-bond donors (Lipinski definition) is 1. The molecule has 0 saturated carbocycles. The molecule has 0 aromatic heterocycles. The Bertz CT molecular complexity index is 614. The SMILES string of the molecule is CCc1ccc(Oc2c(Cl)cccc2CNC)c(OC)c1. The summed E-state index contributed by atoms with van der Waals surface area (Å²) in [5.41, 5.74) is 2.21. The van der Waals surface area contributed by atoms with Gasteiger partial charge < -0.3 is 14.8 Å². The second-order valence-electron chi connectivity index (χ2n) is 4.70. The Balaban J connectivity index is 2.38. The minimum absolute atomic E-state index is 0.587. The largest absolute Gasteiger partial charge is 0.493 e. The molecule has 0 amide bonds. The summed E-state index contributed by atoms with van der Waals surface area (Å²) in [6.45, 7) is 2.79. The lowest BCUT2D eigenvalue weighted by Crippen LogP contribution is -2.06. The Hall–Kier alpha value is -1.71. The number of halogens is 1. The molecule has 0 aliphatic carbocycles. The predicted molar refractivity (Wildman–Crippen MR) is 86.7 cm³/mol. The van der Waals surface area contributed by atoms with E-state index in [-0.39, 0.29) is 0 Å². The summed E-state index contributed by atoms with van der Waals surface area (Å²) in [6, 6.07) is 11.7. The highest BCUT2D eigenvalue weighted by atomic mass is 35.5. The summed E-state index contributed by atoms with van der Waals surface area (Å²) < 4.78 is 11.4. The van der Waals surface area contributed by atoms with E-state index in [0.717, 1.165) is 12.0 Å². The second kappa shape index (κ2) is 7.34. The number of benzene rings is 2. The summed E-state index contributed by atoms with van der Waals surface area (Å²) in [5, 5.41) is 3.70. The molecule has 0 aliphatic rings. The van der Waals surface area contributed by atoms with Gasteiger partial charge >= 0.3 is 0 Å². The zero-order valence-electron chi connectivity index (χ0n) is 12.6. The fraction of sp³-hybridized carbons (Fsp3) is 0.294. The highest BCUT2D eigenvalue weighted by molar-refractivity contribution is 6.32. The molecule has 1 N–H and O–H groups in total. The smallest absolute Gasteiger partial charge is 0.169 e. The van der Waals surface area contributed by atoms with Gasteiger partial charge in [-0.3, -0.25) is 0 Å². The van der Waals surface area contributed by atoms with Crippen LogP contribution in [0.4, 0.5) is 0 Å². The Morgan fingerprint density at radius 2 is 1.95 bits per heavy atom. The molecular formula is C17H20ClNO2. The average Bonchev–Trinajstić information content (AvgIpc) is 2.51. The standard InChI is InChI=1S/C17H20ClNO2/c1-4-12-8-9-15(16(10-12)20-3)21-17-13(11-19-2)6-5-7-14(17)18/h5-10,19H,4,11H2,1-3H3. The lowest BCUT2D eigenvalue weighted by Gasteiger charge is -2.15. The van der Waals surface area contributed by atoms with Crippen LogP contribution >= 0.6 is 11.6 Å². The lowest BCUT2D eigenvalue weighted by atomic mass is 10.1. The first kappa shape index (κ1) is 15.7. The van der Waals surface area contributed by atoms with Crippen molar-refractivity contribution in [3.63, 3.8) is 0 Å². The molecule has 112 valence electrons. The maximum Gasteiger partial charge on any atom is 0.169 e. The van der Waals surface area contributed by atoms with E-state index in [9.17, 15) is 0 Å². The van der Waals surface area contributed by atoms with Gasteiger partial charge in [-0.2, -0.15) is 0 Å². The second-order valence-corrected chi connectivity index (χ2v) is 5.11. The average molecular weight is 306 g/mol. The van der Waals surface area contributed by atoms with Crippen LogP contribution in [0.3, 0.4) is 0 Å². The van der Waals surface area contributed by atoms with Crippen molar-refractivity contribution in [2.75, 3.05) is 14.2 Å². The summed E-state index contributed by atoms with van der Waals surface area (Å²) >= 11 is 6.28. The fourth-order valence-electron chi connectivity index (χ4n) is 2.12. The highest BCUT2D eigenvalue weighted by Gasteiger charge is 2.12. The van der Waals surface area contributed by atoms with Gasteiger partial charge in [-0.15, -0.1) is 0 Å². The van der Waals surface area contributed by atoms with Crippen LogP contribution in [0.25, 0.3) is 0 Å². The van der Waals surface area contributed by atoms with Crippen LogP contribution in [0.1, 0.15) is 18.1 Å². The molecule has 0 saturated heterocycles. The molecule has 0 aliphatic heterocycles. The first-order chi connectivity index (χ1) is 10.2. The Labute approximate surface area is 130 Å². The van der Waals surface area contributed by atoms with Gasteiger partial charge in [-0.25, -0.2) is 0 Å². The van der Waals surface area contributed by atoms with Gasteiger partial charge in [-0.05, 0) is 37.2 Å². The van der Waals surface area contributed by atoms with Crippen molar-refractivity contribution >= 4 is 11.6 Å². The summed E-state index contributed by atoms with van der Waals surface area (Å²) in [7, 11) is 3.53. The molecule has 3 nitrogen and oxygen atoms in total. The predicted octanol–water partition coefficient (Wildman–Crippen LogP) is 4.42. The normalized spacial score (nSPS) is 10.5. The zero-order chi connectivity index (χ0) is 15.2. The number of para-hydroxylation sites is 1. The van der Waals surface area contributed by atoms with E-state index in [1.807, 2.05) is 43.4 Å². The Morgan fingerprint density at radius 1 is 1.14 bits per heavy atom. The van der Waals surface area contributed by atoms with E-state index >= 15 is 0 Å². The summed E-state index contributed by atoms with van der Waals surface area (Å²) in [5.74, 6) is 2.04. The van der Waals surface area contributed by atoms with Gasteiger partial charge in [-0.1, -0.05) is 36.7 Å². The van der Waals surface area contributed by atoms with Crippen LogP contribution < -0.4 is 14.8 Å². The molecule has 0 heterocycles. The van der Waals surface area contributed by atoms with E-state index in [1.54, 1.807) is 7.11 Å². The lowest BCUT2D eigenvalue weighted by molar-refractivity contribution is 0.377. The third-order valence-electron chi connectivity index (χ3n) is 3.26. The van der Waals surface area contributed by atoms with Crippen molar-refractivity contribution in [1.82, 2.24) is 5.32 Å². The van der Waals surface area contributed by atoms with E-state index < -0.39 is 0 Å². The summed E-state index contributed by atoms with van der Waals surface area (Å²) in [4.78, 5) is 0. The van der Waals surface area contributed by atoms with Gasteiger partial charge in [0.15, 0.2) is 17.2 Å². The topological polar surface area (TPSA) is 30.5 Å². The monoisotopic (exact) mass is 305 g/mol. The van der Waals surface area contributed by atoms with Crippen LogP contribution in [0.2, 0.25) is 5.02 Å². The minimum Gasteiger partial charge on any atom is -0.493 e. The van der Waals surface area contributed by atoms with E-state index in [2.05, 4.69) is 12.2 Å². The molecule has 2 aromatic carbocycles. The van der Waals surface area contributed by atoms with Crippen LogP contribution in [0.5, 0.6) is 17.2 Å². The van der Waals surface area contributed by atoms with Crippen LogP contribution in [0, 0.1) is 0 Å². The van der Waals surface area contributed by atoms with E-state index in [1.165, 1.54) is 5.56 Å². The number of nitrogens with one attached hydrogen (secondary N) is 1. The molecule has 2 rings (SSSR count). The van der Waals surface area contributed by atoms with Crippen molar-refractivity contribution in [2.24, 2.45) is 0 Å². The van der Waals surface area contributed by atoms with Crippen molar-refractivity contribution < 1.29 is 9.47 Å². The maximum atomic E-state index is 6.28. The number of rotatable bonds is 6. The molecule has 4 heteroatoms. The Morgan fingerprint density at radius 3 is 2.62 bits per heavy atom. The molecule has 0 radical (unpaired) electrons. The molecule has 21 heavy (non-hydrogen) atoms. The molecule has 0 fully saturated rings. The zero-order valence-corrected chi connectivity index (χ0v) is 13.3. The Kier molecular flexibility index (Phi) is 5.48. The molecule has 0 spiro atoms. The van der Waals surface area contributed by atoms with Crippen molar-refractivity contribution in [2.45, 2.75) is 19.9 Å². The van der Waals surface area contributed by atoms with Crippen molar-refractivity contribution in [1.29, 1.82) is 0 Å².